The summed E-state index contributed by atoms with van der Waals surface area (Å²) in [7, 11) is 0. The molecule has 2 fully saturated rings. The molecule has 0 aromatic heterocycles. The molecular formula is C30H54N8O6. The topological polar surface area (TPSA) is 203 Å². The highest BCUT2D eigenvalue weighted by atomic mass is 16.5. The number of nitrogens with zero attached hydrogens (tertiary/aromatic N) is 2. The Hall–Kier alpha value is -3.26. The van der Waals surface area contributed by atoms with Crippen molar-refractivity contribution in [2.24, 2.45) is 10.7 Å². The van der Waals surface area contributed by atoms with Crippen LogP contribution in [0.1, 0.15) is 96.8 Å². The number of aliphatic hydroxyl groups is 2. The minimum atomic E-state index is -2.08. The normalized spacial score (nSPS) is 23.1. The highest BCUT2D eigenvalue weighted by Crippen LogP contribution is 2.44. The van der Waals surface area contributed by atoms with Crippen LogP contribution in [0.15, 0.2) is 17.4 Å². The molecule has 0 saturated carbocycles. The van der Waals surface area contributed by atoms with E-state index in [4.69, 9.17) is 10.5 Å². The quantitative estimate of drug-likeness (QED) is 0.0710. The van der Waals surface area contributed by atoms with Gasteiger partial charge < -0.3 is 52.2 Å². The third-order valence-electron chi connectivity index (χ3n) is 8.54. The lowest BCUT2D eigenvalue weighted by molar-refractivity contribution is -0.222. The summed E-state index contributed by atoms with van der Waals surface area (Å²) in [6, 6.07) is -1.26. The number of hydrogen-bond acceptors (Lipinski definition) is 11. The molecule has 9 N–H and O–H groups in total. The minimum Gasteiger partial charge on any atom is -0.447 e. The van der Waals surface area contributed by atoms with E-state index in [2.05, 4.69) is 45.1 Å². The van der Waals surface area contributed by atoms with Gasteiger partial charge in [0.2, 0.25) is 17.6 Å². The smallest absolute Gasteiger partial charge is 0.407 e. The molecule has 0 bridgehead atoms. The van der Waals surface area contributed by atoms with Gasteiger partial charge >= 0.3 is 6.09 Å². The maximum atomic E-state index is 12.3. The van der Waals surface area contributed by atoms with Gasteiger partial charge in [-0.05, 0) is 32.1 Å². The van der Waals surface area contributed by atoms with E-state index < -0.39 is 29.6 Å². The number of nitrogens with one attached hydrogen (secondary N) is 5. The van der Waals surface area contributed by atoms with E-state index >= 15 is 0 Å². The molecular weight excluding hydrogens is 568 g/mol. The molecule has 250 valence electrons. The molecule has 3 atom stereocenters. The number of hydrogen-bond donors (Lipinski definition) is 8. The maximum Gasteiger partial charge on any atom is 0.407 e. The van der Waals surface area contributed by atoms with Gasteiger partial charge in [-0.2, -0.15) is 0 Å². The van der Waals surface area contributed by atoms with E-state index in [1.165, 1.54) is 19.3 Å². The fraction of sp³-hybridized carbons (Fsp3) is 0.800. The first-order chi connectivity index (χ1) is 21.1. The fourth-order valence-electron chi connectivity index (χ4n) is 6.13. The van der Waals surface area contributed by atoms with Gasteiger partial charge in [0, 0.05) is 45.4 Å². The Morgan fingerprint density at radius 2 is 1.52 bits per heavy atom. The molecule has 0 unspecified atom stereocenters. The fourth-order valence-corrected chi connectivity index (χ4v) is 6.13. The SMILES string of the molecule is C=C1N[C@H]2[C@H](COC(=O)NCCCCCCNC(=O)CCCCC(=O)NCCCCCCC)N=C(N)N3CCC(O)(O)[C@]23N1. The van der Waals surface area contributed by atoms with Crippen LogP contribution in [-0.4, -0.2) is 95.3 Å². The number of carbonyl (C=O) groups excluding carboxylic acids is 3. The summed E-state index contributed by atoms with van der Waals surface area (Å²) >= 11 is 0. The first-order valence-electron chi connectivity index (χ1n) is 16.3. The number of aliphatic imine (C=N–C) groups is 1. The third kappa shape index (κ3) is 9.62. The number of alkyl carbamates (subject to hydrolysis) is 1. The number of nitrogens with two attached hydrogens (primary N) is 1. The van der Waals surface area contributed by atoms with Gasteiger partial charge in [-0.25, -0.2) is 9.79 Å². The molecule has 14 nitrogen and oxygen atoms in total. The van der Waals surface area contributed by atoms with Crippen LogP contribution < -0.4 is 32.3 Å². The Balaban J connectivity index is 1.17. The van der Waals surface area contributed by atoms with Crippen LogP contribution in [0.3, 0.4) is 0 Å². The standard InChI is InChI=1S/C30H54N8O6/c1-3-4-5-6-11-17-32-24(39)14-9-10-15-25(40)33-18-12-7-8-13-19-34-28(41)44-21-23-26-30(37-22(2)35-26)29(42,43)16-20-38(30)27(31)36-23/h23,26,35,37,42-43H,2-21H2,1H3,(H2,31,36)(H,32,39)(H,33,40)(H,34,41)/t23-,26-,30-/m0/s1. The molecule has 0 aromatic carbocycles. The van der Waals surface area contributed by atoms with Crippen LogP contribution in [-0.2, 0) is 14.3 Å². The largest absolute Gasteiger partial charge is 0.447 e. The van der Waals surface area contributed by atoms with Gasteiger partial charge in [0.1, 0.15) is 18.7 Å². The second kappa shape index (κ2) is 17.3. The van der Waals surface area contributed by atoms with E-state index in [0.717, 1.165) is 45.1 Å². The molecule has 0 aliphatic carbocycles. The molecule has 3 heterocycles. The number of ether oxygens (including phenoxy) is 1. The van der Waals surface area contributed by atoms with Crippen LogP contribution in [0.5, 0.6) is 0 Å². The van der Waals surface area contributed by atoms with E-state index in [0.29, 0.717) is 51.1 Å². The molecule has 3 amide bonds. The molecule has 0 aromatic rings. The molecule has 0 radical (unpaired) electrons. The predicted molar refractivity (Wildman–Crippen MR) is 167 cm³/mol. The van der Waals surface area contributed by atoms with Gasteiger partial charge in [-0.15, -0.1) is 0 Å². The summed E-state index contributed by atoms with van der Waals surface area (Å²) in [4.78, 5) is 42.2. The van der Waals surface area contributed by atoms with Crippen molar-refractivity contribution in [3.8, 4) is 0 Å². The van der Waals surface area contributed by atoms with Gasteiger partial charge in [-0.1, -0.05) is 52.0 Å². The van der Waals surface area contributed by atoms with Crippen molar-refractivity contribution >= 4 is 23.9 Å². The second-order valence-corrected chi connectivity index (χ2v) is 12.0. The van der Waals surface area contributed by atoms with Crippen LogP contribution >= 0.6 is 0 Å². The van der Waals surface area contributed by atoms with Gasteiger partial charge in [-0.3, -0.25) is 9.59 Å². The van der Waals surface area contributed by atoms with Crippen LogP contribution in [0.2, 0.25) is 0 Å². The zero-order valence-electron chi connectivity index (χ0n) is 26.3. The van der Waals surface area contributed by atoms with Gasteiger partial charge in [0.25, 0.3) is 0 Å². The molecule has 44 heavy (non-hydrogen) atoms. The number of guanidine groups is 1. The van der Waals surface area contributed by atoms with Crippen molar-refractivity contribution in [3.63, 3.8) is 0 Å². The van der Waals surface area contributed by atoms with Crippen molar-refractivity contribution in [1.82, 2.24) is 31.5 Å². The summed E-state index contributed by atoms with van der Waals surface area (Å²) in [5.74, 6) is -1.45. The van der Waals surface area contributed by atoms with Crippen molar-refractivity contribution in [2.45, 2.75) is 120 Å². The summed E-state index contributed by atoms with van der Waals surface area (Å²) in [6.07, 6.45) is 11.1. The Labute approximate surface area is 261 Å². The number of amides is 3. The maximum absolute atomic E-state index is 12.3. The average Bonchev–Trinajstić information content (AvgIpc) is 3.48. The van der Waals surface area contributed by atoms with E-state index in [1.54, 1.807) is 4.90 Å². The number of unbranched alkanes of at least 4 members (excludes halogenated alkanes) is 8. The van der Waals surface area contributed by atoms with Crippen molar-refractivity contribution in [2.75, 3.05) is 32.8 Å². The Bertz CT molecular complexity index is 1010. The predicted octanol–water partition coefficient (Wildman–Crippen LogP) is 0.849. The Morgan fingerprint density at radius 3 is 2.11 bits per heavy atom. The molecule has 3 rings (SSSR count). The second-order valence-electron chi connectivity index (χ2n) is 12.0. The zero-order chi connectivity index (χ0) is 32.0. The van der Waals surface area contributed by atoms with E-state index in [9.17, 15) is 24.6 Å². The highest BCUT2D eigenvalue weighted by molar-refractivity contribution is 5.81. The monoisotopic (exact) mass is 622 g/mol. The third-order valence-corrected chi connectivity index (χ3v) is 8.54. The molecule has 14 heteroatoms. The van der Waals surface area contributed by atoms with Crippen LogP contribution in [0.25, 0.3) is 0 Å². The number of carbonyl (C=O) groups is 3. The van der Waals surface area contributed by atoms with Crippen molar-refractivity contribution in [1.29, 1.82) is 0 Å². The molecule has 3 aliphatic heterocycles. The summed E-state index contributed by atoms with van der Waals surface area (Å²) < 4.78 is 5.38. The van der Waals surface area contributed by atoms with Crippen LogP contribution in [0, 0.1) is 0 Å². The Kier molecular flexibility index (Phi) is 13.8. The lowest BCUT2D eigenvalue weighted by Crippen LogP contribution is -2.76. The van der Waals surface area contributed by atoms with Gasteiger partial charge in [0.15, 0.2) is 11.6 Å². The lowest BCUT2D eigenvalue weighted by atomic mass is 9.87. The minimum absolute atomic E-state index is 0.0120. The van der Waals surface area contributed by atoms with E-state index in [1.807, 2.05) is 0 Å². The lowest BCUT2D eigenvalue weighted by Gasteiger charge is -2.48. The summed E-state index contributed by atoms with van der Waals surface area (Å²) in [6.45, 7) is 8.04. The molecule has 1 spiro atoms. The summed E-state index contributed by atoms with van der Waals surface area (Å²) in [5.41, 5.74) is 4.78. The van der Waals surface area contributed by atoms with Gasteiger partial charge in [0.05, 0.1) is 5.82 Å². The first-order valence-corrected chi connectivity index (χ1v) is 16.3. The molecule has 3 aliphatic rings. The molecule has 2 saturated heterocycles. The summed E-state index contributed by atoms with van der Waals surface area (Å²) in [5, 5.41) is 36.2. The first kappa shape index (κ1) is 35.2. The highest BCUT2D eigenvalue weighted by Gasteiger charge is 2.69. The van der Waals surface area contributed by atoms with E-state index in [-0.39, 0.29) is 30.8 Å². The zero-order valence-corrected chi connectivity index (χ0v) is 26.3. The van der Waals surface area contributed by atoms with Crippen molar-refractivity contribution in [3.05, 3.63) is 12.4 Å². The number of rotatable bonds is 20. The van der Waals surface area contributed by atoms with Crippen molar-refractivity contribution < 1.29 is 29.3 Å². The van der Waals surface area contributed by atoms with Crippen LogP contribution in [0.4, 0.5) is 4.79 Å². The Morgan fingerprint density at radius 1 is 0.955 bits per heavy atom. The average molecular weight is 623 g/mol.